The van der Waals surface area contributed by atoms with E-state index in [0.29, 0.717) is 29.2 Å². The maximum atomic E-state index is 12.8. The summed E-state index contributed by atoms with van der Waals surface area (Å²) in [6.45, 7) is 14.6. The lowest BCUT2D eigenvalue weighted by molar-refractivity contribution is -0.118. The van der Waals surface area contributed by atoms with Gasteiger partial charge in [0.15, 0.2) is 0 Å². The van der Waals surface area contributed by atoms with Gasteiger partial charge in [-0.25, -0.2) is 14.3 Å². The normalized spacial score (nSPS) is 12.6. The molecule has 0 bridgehead atoms. The molecule has 3 aromatic rings. The molecule has 0 saturated heterocycles. The van der Waals surface area contributed by atoms with Crippen LogP contribution in [0.15, 0.2) is 67.8 Å². The quantitative estimate of drug-likeness (QED) is 0.285. The number of aromatic nitrogens is 2. The molecule has 1 heterocycles. The van der Waals surface area contributed by atoms with Gasteiger partial charge in [-0.2, -0.15) is 5.10 Å². The molecule has 0 radical (unpaired) electrons. The minimum absolute atomic E-state index is 0.283. The lowest BCUT2D eigenvalue weighted by Crippen LogP contribution is -2.35. The smallest absolute Gasteiger partial charge is 0.411 e. The lowest BCUT2D eigenvalue weighted by atomic mass is 10.1. The average Bonchev–Trinajstić information content (AvgIpc) is 3.26. The highest BCUT2D eigenvalue weighted by Gasteiger charge is 2.25. The van der Waals surface area contributed by atoms with Gasteiger partial charge < -0.3 is 20.1 Å². The van der Waals surface area contributed by atoms with Crippen molar-refractivity contribution in [2.45, 2.75) is 45.8 Å². The molecule has 206 valence electrons. The molecule has 3 amide bonds. The molecule has 1 aromatic heterocycles. The summed E-state index contributed by atoms with van der Waals surface area (Å²) in [7, 11) is 1.26. The van der Waals surface area contributed by atoms with Crippen molar-refractivity contribution in [3.63, 3.8) is 0 Å². The molecule has 0 fully saturated rings. The molecule has 3 rings (SSSR count). The van der Waals surface area contributed by atoms with Crippen LogP contribution in [0, 0.1) is 5.92 Å². The number of hydrogen-bond acceptors (Lipinski definition) is 6. The number of rotatable bonds is 9. The Morgan fingerprint density at radius 1 is 1.08 bits per heavy atom. The van der Waals surface area contributed by atoms with E-state index < -0.39 is 29.7 Å². The van der Waals surface area contributed by atoms with Crippen molar-refractivity contribution in [2.24, 2.45) is 5.92 Å². The van der Waals surface area contributed by atoms with Gasteiger partial charge in [-0.1, -0.05) is 37.3 Å². The Hall–Kier alpha value is -4.60. The zero-order valence-electron chi connectivity index (χ0n) is 22.9. The average molecular weight is 534 g/mol. The molecule has 0 aliphatic carbocycles. The molecular weight excluding hydrogens is 498 g/mol. The number of nitrogens with one attached hydrogen (secondary N) is 3. The van der Waals surface area contributed by atoms with Crippen molar-refractivity contribution in [3.8, 4) is 5.69 Å². The number of para-hydroxylation sites is 1. The predicted octanol–water partition coefficient (Wildman–Crippen LogP) is 6.11. The van der Waals surface area contributed by atoms with Gasteiger partial charge in [0, 0.05) is 11.1 Å². The van der Waals surface area contributed by atoms with E-state index in [1.165, 1.54) is 13.2 Å². The number of nitrogens with zero attached hydrogens (tertiary/aromatic N) is 2. The molecule has 10 nitrogen and oxygen atoms in total. The van der Waals surface area contributed by atoms with E-state index in [4.69, 9.17) is 14.6 Å². The third-order valence-corrected chi connectivity index (χ3v) is 5.72. The highest BCUT2D eigenvalue weighted by Crippen LogP contribution is 2.32. The fourth-order valence-electron chi connectivity index (χ4n) is 3.81. The third-order valence-electron chi connectivity index (χ3n) is 5.72. The van der Waals surface area contributed by atoms with E-state index in [9.17, 15) is 14.4 Å². The molecule has 0 unspecified atom stereocenters. The van der Waals surface area contributed by atoms with Crippen LogP contribution < -0.4 is 16.0 Å². The summed E-state index contributed by atoms with van der Waals surface area (Å²) in [6, 6.07) is 12.1. The van der Waals surface area contributed by atoms with Crippen LogP contribution in [0.2, 0.25) is 0 Å². The van der Waals surface area contributed by atoms with E-state index in [1.807, 2.05) is 24.3 Å². The summed E-state index contributed by atoms with van der Waals surface area (Å²) in [5.74, 6) is -0.746. The maximum absolute atomic E-state index is 12.8. The number of hydrogen-bond donors (Lipinski definition) is 3. The van der Waals surface area contributed by atoms with Gasteiger partial charge in [0.05, 0.1) is 41.7 Å². The molecule has 0 aliphatic heterocycles. The Morgan fingerprint density at radius 3 is 2.44 bits per heavy atom. The van der Waals surface area contributed by atoms with Crippen LogP contribution in [0.5, 0.6) is 0 Å². The number of ether oxygens (including phenoxy) is 2. The second-order valence-corrected chi connectivity index (χ2v) is 9.90. The van der Waals surface area contributed by atoms with Crippen LogP contribution >= 0.6 is 0 Å². The van der Waals surface area contributed by atoms with Gasteiger partial charge in [0.25, 0.3) is 0 Å². The second-order valence-electron chi connectivity index (χ2n) is 9.90. The molecule has 0 saturated carbocycles. The van der Waals surface area contributed by atoms with E-state index in [2.05, 4.69) is 29.1 Å². The van der Waals surface area contributed by atoms with Crippen LogP contribution in [0.1, 0.15) is 45.9 Å². The van der Waals surface area contributed by atoms with Crippen LogP contribution in [0.3, 0.4) is 0 Å². The monoisotopic (exact) mass is 533 g/mol. The largest absolute Gasteiger partial charge is 0.453 e. The van der Waals surface area contributed by atoms with Gasteiger partial charge in [0.1, 0.15) is 5.60 Å². The minimum Gasteiger partial charge on any atom is -0.453 e. The van der Waals surface area contributed by atoms with E-state index in [0.717, 1.165) is 10.9 Å². The van der Waals surface area contributed by atoms with Crippen molar-refractivity contribution in [3.05, 3.63) is 73.5 Å². The summed E-state index contributed by atoms with van der Waals surface area (Å²) in [4.78, 5) is 37.3. The fraction of sp³-hybridized carbons (Fsp3) is 0.310. The number of carbonyl (C=O) groups is 3. The molecule has 2 aromatic carbocycles. The minimum atomic E-state index is -0.667. The van der Waals surface area contributed by atoms with Crippen LogP contribution in [-0.4, -0.2) is 40.6 Å². The predicted molar refractivity (Wildman–Crippen MR) is 152 cm³/mol. The van der Waals surface area contributed by atoms with Gasteiger partial charge in [-0.05, 0) is 51.5 Å². The molecular formula is C29H35N5O5. The third kappa shape index (κ3) is 7.25. The summed E-state index contributed by atoms with van der Waals surface area (Å²) in [5.41, 5.74) is 2.05. The number of anilines is 2. The van der Waals surface area contributed by atoms with Crippen LogP contribution in [-0.2, 0) is 14.3 Å². The second kappa shape index (κ2) is 12.3. The van der Waals surface area contributed by atoms with Gasteiger partial charge in [-0.3, -0.25) is 10.1 Å². The Bertz CT molecular complexity index is 1390. The summed E-state index contributed by atoms with van der Waals surface area (Å²) in [6.07, 6.45) is 2.42. The Morgan fingerprint density at radius 2 is 1.79 bits per heavy atom. The number of methoxy groups -OCH3 is 1. The van der Waals surface area contributed by atoms with Crippen LogP contribution in [0.25, 0.3) is 16.6 Å². The first-order valence-corrected chi connectivity index (χ1v) is 12.5. The summed E-state index contributed by atoms with van der Waals surface area (Å²) >= 11 is 0. The highest BCUT2D eigenvalue weighted by atomic mass is 16.6. The first kappa shape index (κ1) is 29.0. The SMILES string of the molecule is C=CC[C@H](NC(=O)OC(C)(C)C)c1nn(-c2ccc(NC(=O)OC)cc2NC(=O)[C@H](C)C=C)c2ccccc12. The lowest BCUT2D eigenvalue weighted by Gasteiger charge is -2.22. The van der Waals surface area contributed by atoms with Gasteiger partial charge >= 0.3 is 12.2 Å². The summed E-state index contributed by atoms with van der Waals surface area (Å²) < 4.78 is 11.9. The van der Waals surface area contributed by atoms with Crippen molar-refractivity contribution in [1.82, 2.24) is 15.1 Å². The number of carbonyl (C=O) groups excluding carboxylic acids is 3. The van der Waals surface area contributed by atoms with Crippen molar-refractivity contribution in [1.29, 1.82) is 0 Å². The first-order chi connectivity index (χ1) is 18.5. The molecule has 3 N–H and O–H groups in total. The van der Waals surface area contributed by atoms with E-state index in [1.54, 1.807) is 56.7 Å². The standard InChI is InChI=1S/C29H35N5O5/c1-8-12-21(32-28(37)39-29(4,5)6)25-20-13-10-11-14-23(20)34(33-25)24-16-15-19(30-27(36)38-7)17-22(24)31-26(35)18(3)9-2/h8-11,13-18,21H,1-2,12H2,3-7H3,(H,30,36)(H,31,35)(H,32,37)/t18-,21+/m1/s1. The zero-order chi connectivity index (χ0) is 28.7. The number of fused-ring (bicyclic) bond motifs is 1. The Kier molecular flexibility index (Phi) is 9.13. The van der Waals surface area contributed by atoms with Crippen LogP contribution in [0.4, 0.5) is 21.0 Å². The first-order valence-electron chi connectivity index (χ1n) is 12.5. The highest BCUT2D eigenvalue weighted by molar-refractivity contribution is 5.97. The molecule has 2 atom stereocenters. The number of amides is 3. The zero-order valence-corrected chi connectivity index (χ0v) is 22.9. The fourth-order valence-corrected chi connectivity index (χ4v) is 3.81. The van der Waals surface area contributed by atoms with Crippen molar-refractivity contribution >= 4 is 40.4 Å². The molecule has 10 heteroatoms. The summed E-state index contributed by atoms with van der Waals surface area (Å²) in [5, 5.41) is 14.1. The molecule has 39 heavy (non-hydrogen) atoms. The Balaban J connectivity index is 2.15. The molecule has 0 aliphatic rings. The Labute approximate surface area is 228 Å². The molecule has 0 spiro atoms. The van der Waals surface area contributed by atoms with Crippen molar-refractivity contribution < 1.29 is 23.9 Å². The maximum Gasteiger partial charge on any atom is 0.411 e. The van der Waals surface area contributed by atoms with Crippen molar-refractivity contribution in [2.75, 3.05) is 17.7 Å². The van der Waals surface area contributed by atoms with E-state index >= 15 is 0 Å². The number of alkyl carbamates (subject to hydrolysis) is 1. The van der Waals surface area contributed by atoms with Gasteiger partial charge in [0.2, 0.25) is 5.91 Å². The topological polar surface area (TPSA) is 124 Å². The number of benzene rings is 2. The van der Waals surface area contributed by atoms with Gasteiger partial charge in [-0.15, -0.1) is 13.2 Å². The van der Waals surface area contributed by atoms with E-state index in [-0.39, 0.29) is 5.91 Å².